The van der Waals surface area contributed by atoms with Crippen LogP contribution >= 0.6 is 0 Å². The first kappa shape index (κ1) is 28.0. The van der Waals surface area contributed by atoms with Gasteiger partial charge in [-0.25, -0.2) is 0 Å². The third-order valence-corrected chi connectivity index (χ3v) is 11.0. The van der Waals surface area contributed by atoms with Gasteiger partial charge in [-0.1, -0.05) is 12.2 Å². The van der Waals surface area contributed by atoms with Crippen molar-refractivity contribution in [3.8, 4) is 11.5 Å². The van der Waals surface area contributed by atoms with E-state index in [1.807, 2.05) is 0 Å². The molecular formula is C34H50F2O2. The second kappa shape index (κ2) is 13.2. The Morgan fingerprint density at radius 2 is 1.13 bits per heavy atom. The second-order valence-corrected chi connectivity index (χ2v) is 13.1. The molecule has 4 aliphatic rings. The predicted octanol–water partition coefficient (Wildman–Crippen LogP) is 9.76. The molecule has 0 bridgehead atoms. The third kappa shape index (κ3) is 6.58. The van der Waals surface area contributed by atoms with Crippen LogP contribution < -0.4 is 9.47 Å². The van der Waals surface area contributed by atoms with Crippen LogP contribution in [0.2, 0.25) is 0 Å². The largest absolute Gasteiger partial charge is 0.491 e. The average Bonchev–Trinajstić information content (AvgIpc) is 2.95. The summed E-state index contributed by atoms with van der Waals surface area (Å²) in [7, 11) is 0. The highest BCUT2D eigenvalue weighted by Crippen LogP contribution is 2.50. The van der Waals surface area contributed by atoms with Crippen molar-refractivity contribution in [1.82, 2.24) is 0 Å². The number of benzene rings is 1. The van der Waals surface area contributed by atoms with E-state index in [0.29, 0.717) is 19.1 Å². The summed E-state index contributed by atoms with van der Waals surface area (Å²) in [6, 6.07) is 2.96. The molecule has 0 amide bonds. The molecule has 0 aromatic heterocycles. The van der Waals surface area contributed by atoms with E-state index in [0.717, 1.165) is 54.3 Å². The van der Waals surface area contributed by atoms with Crippen molar-refractivity contribution in [3.63, 3.8) is 0 Å². The van der Waals surface area contributed by atoms with Gasteiger partial charge in [0.15, 0.2) is 11.5 Å². The van der Waals surface area contributed by atoms with Crippen molar-refractivity contribution < 1.29 is 18.3 Å². The molecule has 0 aliphatic heterocycles. The summed E-state index contributed by atoms with van der Waals surface area (Å²) in [4.78, 5) is 0. The van der Waals surface area contributed by atoms with E-state index in [1.54, 1.807) is 6.92 Å². The molecule has 0 saturated heterocycles. The lowest BCUT2D eigenvalue weighted by Gasteiger charge is -2.46. The second-order valence-electron chi connectivity index (χ2n) is 13.1. The van der Waals surface area contributed by atoms with Gasteiger partial charge < -0.3 is 9.47 Å². The summed E-state index contributed by atoms with van der Waals surface area (Å²) in [6.07, 6.45) is 24.2. The highest BCUT2D eigenvalue weighted by molar-refractivity contribution is 5.35. The lowest BCUT2D eigenvalue weighted by atomic mass is 9.60. The van der Waals surface area contributed by atoms with Gasteiger partial charge in [0.25, 0.3) is 0 Å². The van der Waals surface area contributed by atoms with Gasteiger partial charge in [0.2, 0.25) is 11.6 Å². The third-order valence-electron chi connectivity index (χ3n) is 11.0. The highest BCUT2D eigenvalue weighted by atomic mass is 19.2. The smallest absolute Gasteiger partial charge is 0.204 e. The molecule has 4 fully saturated rings. The van der Waals surface area contributed by atoms with E-state index in [9.17, 15) is 8.78 Å². The van der Waals surface area contributed by atoms with Gasteiger partial charge in [-0.2, -0.15) is 8.78 Å². The van der Waals surface area contributed by atoms with Gasteiger partial charge in [-0.15, -0.1) is 0 Å². The lowest BCUT2D eigenvalue weighted by molar-refractivity contribution is 0.0557. The molecule has 212 valence electrons. The quantitative estimate of drug-likeness (QED) is 0.313. The summed E-state index contributed by atoms with van der Waals surface area (Å²) >= 11 is 0. The normalized spacial score (nSPS) is 36.1. The topological polar surface area (TPSA) is 18.5 Å². The minimum Gasteiger partial charge on any atom is -0.491 e. The van der Waals surface area contributed by atoms with Crippen LogP contribution in [0.5, 0.6) is 11.5 Å². The molecule has 4 heteroatoms. The van der Waals surface area contributed by atoms with Crippen LogP contribution in [0.15, 0.2) is 24.3 Å². The van der Waals surface area contributed by atoms with Gasteiger partial charge in [-0.3, -0.25) is 0 Å². The maximum absolute atomic E-state index is 14.4. The van der Waals surface area contributed by atoms with Gasteiger partial charge in [0.1, 0.15) is 0 Å². The monoisotopic (exact) mass is 528 g/mol. The number of hydrogen-bond acceptors (Lipinski definition) is 2. The average molecular weight is 529 g/mol. The number of fused-ring (bicyclic) bond motifs is 1. The zero-order valence-electron chi connectivity index (χ0n) is 23.8. The Hall–Kier alpha value is -1.58. The van der Waals surface area contributed by atoms with Gasteiger partial charge >= 0.3 is 0 Å². The highest BCUT2D eigenvalue weighted by Gasteiger charge is 2.39. The Labute approximate surface area is 229 Å². The lowest BCUT2D eigenvalue weighted by Crippen LogP contribution is -2.35. The minimum absolute atomic E-state index is 0.00581. The standard InChI is InChI=1S/C34H50F2O2/c1-3-5-23-6-11-30-21-29(17-16-28(30)20-23)27-14-12-26(13-15-27)25-9-7-24(8-10-25)22-38-32-19-18-31(37-4-2)33(35)34(32)36/h3,5,18-19,23-30H,4,6-17,20-22H2,1-2H3. The van der Waals surface area contributed by atoms with Crippen LogP contribution in [0, 0.1) is 59.0 Å². The fourth-order valence-corrected chi connectivity index (χ4v) is 8.85. The molecule has 0 N–H and O–H groups in total. The van der Waals surface area contributed by atoms with Gasteiger partial charge in [-0.05, 0) is 163 Å². The van der Waals surface area contributed by atoms with Crippen molar-refractivity contribution in [1.29, 1.82) is 0 Å². The summed E-state index contributed by atoms with van der Waals surface area (Å²) < 4.78 is 39.4. The molecule has 4 unspecified atom stereocenters. The Kier molecular flexibility index (Phi) is 9.70. The van der Waals surface area contributed by atoms with E-state index in [1.165, 1.54) is 89.2 Å². The number of halogens is 2. The van der Waals surface area contributed by atoms with Crippen LogP contribution in [0.3, 0.4) is 0 Å². The van der Waals surface area contributed by atoms with E-state index in [4.69, 9.17) is 9.47 Å². The van der Waals surface area contributed by atoms with E-state index in [2.05, 4.69) is 19.1 Å². The number of allylic oxidation sites excluding steroid dienone is 2. The van der Waals surface area contributed by atoms with Gasteiger partial charge in [0.05, 0.1) is 13.2 Å². The molecule has 0 heterocycles. The van der Waals surface area contributed by atoms with Crippen LogP contribution in [0.4, 0.5) is 8.78 Å². The molecule has 4 saturated carbocycles. The zero-order valence-corrected chi connectivity index (χ0v) is 23.8. The molecule has 4 atom stereocenters. The van der Waals surface area contributed by atoms with Crippen LogP contribution in [-0.2, 0) is 0 Å². The summed E-state index contributed by atoms with van der Waals surface area (Å²) in [6.45, 7) is 4.71. The fourth-order valence-electron chi connectivity index (χ4n) is 8.85. The van der Waals surface area contributed by atoms with Crippen LogP contribution in [0.25, 0.3) is 0 Å². The Bertz CT molecular complexity index is 913. The van der Waals surface area contributed by atoms with Crippen LogP contribution in [0.1, 0.15) is 104 Å². The van der Waals surface area contributed by atoms with Gasteiger partial charge in [0, 0.05) is 0 Å². The molecule has 0 spiro atoms. The fraction of sp³-hybridized carbons (Fsp3) is 0.765. The molecule has 38 heavy (non-hydrogen) atoms. The molecule has 5 rings (SSSR count). The number of rotatable bonds is 8. The molecule has 1 aromatic carbocycles. The molecule has 0 radical (unpaired) electrons. The Balaban J connectivity index is 1.02. The Morgan fingerprint density at radius 3 is 1.74 bits per heavy atom. The first-order valence-electron chi connectivity index (χ1n) is 15.9. The van der Waals surface area contributed by atoms with Crippen molar-refractivity contribution >= 4 is 0 Å². The number of ether oxygens (including phenoxy) is 2. The minimum atomic E-state index is -0.950. The van der Waals surface area contributed by atoms with E-state index in [-0.39, 0.29) is 11.5 Å². The van der Waals surface area contributed by atoms with Crippen LogP contribution in [-0.4, -0.2) is 13.2 Å². The summed E-state index contributed by atoms with van der Waals surface area (Å²) in [5.41, 5.74) is 0. The molecule has 2 nitrogen and oxygen atoms in total. The predicted molar refractivity (Wildman–Crippen MR) is 150 cm³/mol. The van der Waals surface area contributed by atoms with Crippen molar-refractivity contribution in [3.05, 3.63) is 35.9 Å². The van der Waals surface area contributed by atoms with E-state index >= 15 is 0 Å². The molecule has 1 aromatic rings. The maximum Gasteiger partial charge on any atom is 0.204 e. The SMILES string of the molecule is CC=CC1CCC2CC(C3CCC(C4CCC(COc5ccc(OCC)c(F)c5F)CC4)CC3)CCC2C1. The van der Waals surface area contributed by atoms with Crippen molar-refractivity contribution in [2.45, 2.75) is 104 Å². The first-order valence-corrected chi connectivity index (χ1v) is 15.9. The molecule has 4 aliphatic carbocycles. The first-order chi connectivity index (χ1) is 18.6. The maximum atomic E-state index is 14.4. The Morgan fingerprint density at radius 1 is 0.658 bits per heavy atom. The van der Waals surface area contributed by atoms with E-state index < -0.39 is 11.6 Å². The summed E-state index contributed by atoms with van der Waals surface area (Å²) in [5.74, 6) is 5.11. The number of hydrogen-bond donors (Lipinski definition) is 0. The van der Waals surface area contributed by atoms with Crippen molar-refractivity contribution in [2.24, 2.45) is 47.3 Å². The van der Waals surface area contributed by atoms with Crippen molar-refractivity contribution in [2.75, 3.05) is 13.2 Å². The zero-order chi connectivity index (χ0) is 26.5. The molecular weight excluding hydrogens is 478 g/mol. The summed E-state index contributed by atoms with van der Waals surface area (Å²) in [5, 5.41) is 0.